The van der Waals surface area contributed by atoms with Crippen molar-refractivity contribution in [3.05, 3.63) is 29.8 Å². The molecule has 0 bridgehead atoms. The van der Waals surface area contributed by atoms with E-state index >= 15 is 0 Å². The van der Waals surface area contributed by atoms with Crippen LogP contribution in [-0.2, 0) is 30.3 Å². The van der Waals surface area contributed by atoms with Crippen LogP contribution in [0, 0.1) is 0 Å². The van der Waals surface area contributed by atoms with Gasteiger partial charge in [-0.2, -0.15) is 0 Å². The van der Waals surface area contributed by atoms with Gasteiger partial charge >= 0.3 is 0 Å². The van der Waals surface area contributed by atoms with Crippen LogP contribution in [0.4, 0.5) is 0 Å². The minimum Gasteiger partial charge on any atom is -0.497 e. The molecule has 0 saturated carbocycles. The molecule has 2 heterocycles. The SMILES string of the molecule is COc1ccc(COC[C@H]2OC(C)(C)O[C@H]2[C@H]2COC(C)(C)O2)cc1. The standard InChI is InChI=1S/C19H28O6/c1-18(2)22-12-16(23-18)17-15(24-19(3,4)25-17)11-21-10-13-6-8-14(20-5)9-7-13/h6-9,15-17H,10-12H2,1-5H3/t15-,16-,17-/m1/s1. The number of benzene rings is 1. The van der Waals surface area contributed by atoms with Crippen molar-refractivity contribution in [2.75, 3.05) is 20.3 Å². The summed E-state index contributed by atoms with van der Waals surface area (Å²) in [6, 6.07) is 7.82. The second kappa shape index (κ2) is 7.21. The molecule has 1 aromatic rings. The predicted molar refractivity (Wildman–Crippen MR) is 91.4 cm³/mol. The van der Waals surface area contributed by atoms with Gasteiger partial charge < -0.3 is 28.4 Å². The van der Waals surface area contributed by atoms with Gasteiger partial charge in [0.05, 0.1) is 26.9 Å². The second-order valence-corrected chi connectivity index (χ2v) is 7.37. The molecular formula is C19H28O6. The zero-order valence-electron chi connectivity index (χ0n) is 15.6. The maximum absolute atomic E-state index is 6.05. The highest BCUT2D eigenvalue weighted by Crippen LogP contribution is 2.35. The fraction of sp³-hybridized carbons (Fsp3) is 0.684. The number of hydrogen-bond acceptors (Lipinski definition) is 6. The van der Waals surface area contributed by atoms with Crippen molar-refractivity contribution in [2.24, 2.45) is 0 Å². The van der Waals surface area contributed by atoms with Crippen molar-refractivity contribution < 1.29 is 28.4 Å². The third-order valence-electron chi connectivity index (χ3n) is 4.33. The Kier molecular flexibility index (Phi) is 5.37. The Hall–Kier alpha value is -1.18. The maximum Gasteiger partial charge on any atom is 0.164 e. The lowest BCUT2D eigenvalue weighted by Crippen LogP contribution is -2.40. The average Bonchev–Trinajstić information content (AvgIpc) is 3.06. The number of rotatable bonds is 6. The molecule has 140 valence electrons. The fourth-order valence-corrected chi connectivity index (χ4v) is 3.20. The predicted octanol–water partition coefficient (Wildman–Crippen LogP) is 2.88. The van der Waals surface area contributed by atoms with E-state index in [1.807, 2.05) is 52.0 Å². The molecule has 0 amide bonds. The van der Waals surface area contributed by atoms with Gasteiger partial charge in [0, 0.05) is 0 Å². The van der Waals surface area contributed by atoms with Crippen LogP contribution in [0.3, 0.4) is 0 Å². The van der Waals surface area contributed by atoms with E-state index in [1.54, 1.807) is 7.11 Å². The summed E-state index contributed by atoms with van der Waals surface area (Å²) in [6.07, 6.45) is -0.574. The Morgan fingerprint density at radius 3 is 2.32 bits per heavy atom. The highest BCUT2D eigenvalue weighted by atomic mass is 16.8. The van der Waals surface area contributed by atoms with Gasteiger partial charge in [-0.15, -0.1) is 0 Å². The summed E-state index contributed by atoms with van der Waals surface area (Å²) in [4.78, 5) is 0. The molecule has 2 aliphatic rings. The van der Waals surface area contributed by atoms with Crippen LogP contribution in [0.25, 0.3) is 0 Å². The third-order valence-corrected chi connectivity index (χ3v) is 4.33. The zero-order valence-corrected chi connectivity index (χ0v) is 15.6. The summed E-state index contributed by atoms with van der Waals surface area (Å²) < 4.78 is 34.7. The van der Waals surface area contributed by atoms with Gasteiger partial charge in [-0.05, 0) is 45.4 Å². The lowest BCUT2D eigenvalue weighted by atomic mass is 10.1. The largest absolute Gasteiger partial charge is 0.497 e. The smallest absolute Gasteiger partial charge is 0.164 e. The minimum atomic E-state index is -0.658. The van der Waals surface area contributed by atoms with Gasteiger partial charge in [0.25, 0.3) is 0 Å². The Morgan fingerprint density at radius 2 is 1.72 bits per heavy atom. The molecule has 2 fully saturated rings. The number of methoxy groups -OCH3 is 1. The van der Waals surface area contributed by atoms with E-state index in [4.69, 9.17) is 28.4 Å². The molecule has 2 aliphatic heterocycles. The first kappa shape index (κ1) is 18.6. The van der Waals surface area contributed by atoms with Gasteiger partial charge in [-0.1, -0.05) is 12.1 Å². The van der Waals surface area contributed by atoms with Crippen LogP contribution in [0.15, 0.2) is 24.3 Å². The third kappa shape index (κ3) is 4.71. The molecule has 6 heteroatoms. The Balaban J connectivity index is 1.55. The van der Waals surface area contributed by atoms with E-state index in [0.29, 0.717) is 19.8 Å². The molecular weight excluding hydrogens is 324 g/mol. The summed E-state index contributed by atoms with van der Waals surface area (Å²) in [7, 11) is 1.65. The average molecular weight is 352 g/mol. The van der Waals surface area contributed by atoms with Crippen LogP contribution in [0.5, 0.6) is 5.75 Å². The lowest BCUT2D eigenvalue weighted by Gasteiger charge is -2.23. The van der Waals surface area contributed by atoms with Gasteiger partial charge in [-0.3, -0.25) is 0 Å². The minimum absolute atomic E-state index is 0.161. The number of ether oxygens (including phenoxy) is 6. The number of hydrogen-bond donors (Lipinski definition) is 0. The van der Waals surface area contributed by atoms with Crippen molar-refractivity contribution in [1.29, 1.82) is 0 Å². The molecule has 2 saturated heterocycles. The summed E-state index contributed by atoms with van der Waals surface area (Å²) in [5, 5.41) is 0. The quantitative estimate of drug-likeness (QED) is 0.785. The molecule has 0 aromatic heterocycles. The van der Waals surface area contributed by atoms with Crippen molar-refractivity contribution in [3.63, 3.8) is 0 Å². The van der Waals surface area contributed by atoms with Gasteiger partial charge in [0.1, 0.15) is 24.1 Å². The van der Waals surface area contributed by atoms with E-state index in [9.17, 15) is 0 Å². The van der Waals surface area contributed by atoms with Crippen molar-refractivity contribution in [2.45, 2.75) is 64.2 Å². The first-order chi connectivity index (χ1) is 11.8. The molecule has 25 heavy (non-hydrogen) atoms. The Labute approximate surface area is 149 Å². The van der Waals surface area contributed by atoms with Crippen LogP contribution >= 0.6 is 0 Å². The molecule has 0 aliphatic carbocycles. The van der Waals surface area contributed by atoms with Crippen LogP contribution < -0.4 is 4.74 Å². The van der Waals surface area contributed by atoms with E-state index in [0.717, 1.165) is 11.3 Å². The molecule has 0 N–H and O–H groups in total. The van der Waals surface area contributed by atoms with Crippen LogP contribution in [0.2, 0.25) is 0 Å². The first-order valence-corrected chi connectivity index (χ1v) is 8.66. The maximum atomic E-state index is 6.05. The van der Waals surface area contributed by atoms with Crippen molar-refractivity contribution >= 4 is 0 Å². The van der Waals surface area contributed by atoms with Crippen molar-refractivity contribution in [3.8, 4) is 5.75 Å². The topological polar surface area (TPSA) is 55.4 Å². The monoisotopic (exact) mass is 352 g/mol. The Bertz CT molecular complexity index is 568. The van der Waals surface area contributed by atoms with Crippen molar-refractivity contribution in [1.82, 2.24) is 0 Å². The molecule has 3 atom stereocenters. The molecule has 6 nitrogen and oxygen atoms in total. The highest BCUT2D eigenvalue weighted by molar-refractivity contribution is 5.26. The molecule has 0 radical (unpaired) electrons. The van der Waals surface area contributed by atoms with E-state index in [2.05, 4.69) is 0 Å². The van der Waals surface area contributed by atoms with Gasteiger partial charge in [0.2, 0.25) is 0 Å². The summed E-state index contributed by atoms with van der Waals surface area (Å²) in [5.74, 6) is -0.413. The van der Waals surface area contributed by atoms with E-state index in [-0.39, 0.29) is 18.3 Å². The lowest BCUT2D eigenvalue weighted by molar-refractivity contribution is -0.175. The molecule has 0 spiro atoms. The molecule has 0 unspecified atom stereocenters. The highest BCUT2D eigenvalue weighted by Gasteiger charge is 2.49. The summed E-state index contributed by atoms with van der Waals surface area (Å²) in [5.41, 5.74) is 1.08. The fourth-order valence-electron chi connectivity index (χ4n) is 3.20. The first-order valence-electron chi connectivity index (χ1n) is 8.66. The van der Waals surface area contributed by atoms with Gasteiger partial charge in [0.15, 0.2) is 11.6 Å². The normalized spacial score (nSPS) is 30.5. The Morgan fingerprint density at radius 1 is 1.00 bits per heavy atom. The van der Waals surface area contributed by atoms with Crippen LogP contribution in [-0.4, -0.2) is 50.2 Å². The second-order valence-electron chi connectivity index (χ2n) is 7.37. The summed E-state index contributed by atoms with van der Waals surface area (Å²) in [6.45, 7) is 9.05. The summed E-state index contributed by atoms with van der Waals surface area (Å²) >= 11 is 0. The van der Waals surface area contributed by atoms with E-state index < -0.39 is 11.6 Å². The van der Waals surface area contributed by atoms with E-state index in [1.165, 1.54) is 0 Å². The van der Waals surface area contributed by atoms with Crippen LogP contribution in [0.1, 0.15) is 33.3 Å². The molecule has 3 rings (SSSR count). The van der Waals surface area contributed by atoms with Gasteiger partial charge in [-0.25, -0.2) is 0 Å². The molecule has 1 aromatic carbocycles. The zero-order chi connectivity index (χ0) is 18.1.